The minimum absolute atomic E-state index is 0.130. The van der Waals surface area contributed by atoms with E-state index in [9.17, 15) is 9.59 Å². The van der Waals surface area contributed by atoms with Gasteiger partial charge in [0.25, 0.3) is 5.91 Å². The zero-order valence-electron chi connectivity index (χ0n) is 14.0. The number of para-hydroxylation sites is 1. The third-order valence-electron chi connectivity index (χ3n) is 4.37. The first kappa shape index (κ1) is 16.1. The molecule has 26 heavy (non-hydrogen) atoms. The van der Waals surface area contributed by atoms with Gasteiger partial charge in [-0.1, -0.05) is 18.2 Å². The molecule has 4 rings (SSSR count). The monoisotopic (exact) mass is 347 g/mol. The molecular formula is C20H17N3O3. The maximum absolute atomic E-state index is 12.9. The minimum Gasteiger partial charge on any atom is -0.467 e. The average Bonchev–Trinajstić information content (AvgIpc) is 3.28. The van der Waals surface area contributed by atoms with Crippen molar-refractivity contribution in [1.29, 1.82) is 0 Å². The van der Waals surface area contributed by atoms with Gasteiger partial charge in [-0.25, -0.2) is 0 Å². The summed E-state index contributed by atoms with van der Waals surface area (Å²) in [6, 6.07) is 16.0. The number of benzene rings is 1. The molecule has 6 nitrogen and oxygen atoms in total. The van der Waals surface area contributed by atoms with E-state index in [1.807, 2.05) is 30.3 Å². The Morgan fingerprint density at radius 3 is 2.73 bits per heavy atom. The highest BCUT2D eigenvalue weighted by Crippen LogP contribution is 2.38. The fraction of sp³-hybridized carbons (Fsp3) is 0.150. The van der Waals surface area contributed by atoms with Gasteiger partial charge in [0.05, 0.1) is 36.5 Å². The molecule has 1 aliphatic rings. The number of amides is 2. The highest BCUT2D eigenvalue weighted by molar-refractivity contribution is 6.11. The molecule has 2 amide bonds. The van der Waals surface area contributed by atoms with Crippen LogP contribution in [-0.4, -0.2) is 16.8 Å². The number of carbonyl (C=O) groups is 2. The number of rotatable bonds is 5. The van der Waals surface area contributed by atoms with Crippen LogP contribution in [0.3, 0.4) is 0 Å². The first-order valence-corrected chi connectivity index (χ1v) is 8.36. The minimum atomic E-state index is -0.433. The molecule has 0 fully saturated rings. The molecule has 130 valence electrons. The number of hydrogen-bond acceptors (Lipinski definition) is 4. The molecule has 6 heteroatoms. The largest absolute Gasteiger partial charge is 0.467 e. The van der Waals surface area contributed by atoms with Crippen molar-refractivity contribution in [1.82, 2.24) is 10.3 Å². The summed E-state index contributed by atoms with van der Waals surface area (Å²) in [4.78, 5) is 31.4. The van der Waals surface area contributed by atoms with Gasteiger partial charge >= 0.3 is 0 Å². The Balaban J connectivity index is 1.58. The van der Waals surface area contributed by atoms with Gasteiger partial charge in [-0.2, -0.15) is 0 Å². The van der Waals surface area contributed by atoms with Gasteiger partial charge in [0, 0.05) is 11.9 Å². The second kappa shape index (κ2) is 6.84. The number of pyridine rings is 1. The number of furan rings is 1. The van der Waals surface area contributed by atoms with Crippen molar-refractivity contribution in [3.05, 3.63) is 84.1 Å². The van der Waals surface area contributed by atoms with Gasteiger partial charge in [-0.15, -0.1) is 0 Å². The molecule has 3 aromatic rings. The summed E-state index contributed by atoms with van der Waals surface area (Å²) in [7, 11) is 0. The number of anilines is 1. The fourth-order valence-corrected chi connectivity index (χ4v) is 3.18. The van der Waals surface area contributed by atoms with Crippen LogP contribution in [0.5, 0.6) is 0 Å². The molecule has 1 aliphatic heterocycles. The van der Waals surface area contributed by atoms with Crippen molar-refractivity contribution in [2.75, 3.05) is 4.90 Å². The van der Waals surface area contributed by atoms with Crippen LogP contribution in [0.25, 0.3) is 0 Å². The summed E-state index contributed by atoms with van der Waals surface area (Å²) < 4.78 is 5.23. The molecule has 0 saturated heterocycles. The summed E-state index contributed by atoms with van der Waals surface area (Å²) in [6.45, 7) is 0.312. The van der Waals surface area contributed by atoms with Crippen LogP contribution < -0.4 is 10.2 Å². The van der Waals surface area contributed by atoms with Crippen LogP contribution in [0.2, 0.25) is 0 Å². The van der Waals surface area contributed by atoms with Crippen LogP contribution in [0.15, 0.2) is 71.5 Å². The fourth-order valence-electron chi connectivity index (χ4n) is 3.18. The molecule has 0 aliphatic carbocycles. The van der Waals surface area contributed by atoms with Gasteiger partial charge in [0.1, 0.15) is 5.76 Å². The first-order chi connectivity index (χ1) is 12.7. The lowest BCUT2D eigenvalue weighted by atomic mass is 10.1. The molecule has 0 radical (unpaired) electrons. The summed E-state index contributed by atoms with van der Waals surface area (Å²) >= 11 is 0. The van der Waals surface area contributed by atoms with Crippen LogP contribution in [-0.2, 0) is 11.3 Å². The molecule has 1 atom stereocenters. The number of fused-ring (bicyclic) bond motifs is 1. The number of nitrogens with one attached hydrogen (secondary N) is 1. The maximum Gasteiger partial charge on any atom is 0.260 e. The third kappa shape index (κ3) is 2.97. The van der Waals surface area contributed by atoms with Crippen LogP contribution in [0.1, 0.15) is 34.3 Å². The van der Waals surface area contributed by atoms with Crippen molar-refractivity contribution >= 4 is 17.5 Å². The van der Waals surface area contributed by atoms with E-state index in [4.69, 9.17) is 4.42 Å². The molecule has 0 saturated carbocycles. The predicted octanol–water partition coefficient (Wildman–Crippen LogP) is 3.08. The van der Waals surface area contributed by atoms with Crippen molar-refractivity contribution in [3.8, 4) is 0 Å². The normalized spacial score (nSPS) is 15.8. The Labute approximate surface area is 150 Å². The zero-order valence-corrected chi connectivity index (χ0v) is 14.0. The topological polar surface area (TPSA) is 75.4 Å². The van der Waals surface area contributed by atoms with E-state index in [0.717, 1.165) is 5.69 Å². The highest BCUT2D eigenvalue weighted by Gasteiger charge is 2.39. The van der Waals surface area contributed by atoms with Gasteiger partial charge in [0.15, 0.2) is 0 Å². The number of aromatic nitrogens is 1. The molecule has 1 unspecified atom stereocenters. The summed E-state index contributed by atoms with van der Waals surface area (Å²) in [5.41, 5.74) is 1.93. The molecule has 0 spiro atoms. The van der Waals surface area contributed by atoms with Crippen LogP contribution in [0.4, 0.5) is 5.69 Å². The van der Waals surface area contributed by atoms with E-state index in [2.05, 4.69) is 10.3 Å². The Morgan fingerprint density at radius 1 is 1.12 bits per heavy atom. The second-order valence-corrected chi connectivity index (χ2v) is 6.02. The quantitative estimate of drug-likeness (QED) is 0.769. The second-order valence-electron chi connectivity index (χ2n) is 6.02. The van der Waals surface area contributed by atoms with Crippen LogP contribution in [0, 0.1) is 0 Å². The zero-order chi connectivity index (χ0) is 17.9. The van der Waals surface area contributed by atoms with E-state index < -0.39 is 6.04 Å². The van der Waals surface area contributed by atoms with E-state index in [1.54, 1.807) is 41.6 Å². The van der Waals surface area contributed by atoms with E-state index in [-0.39, 0.29) is 18.2 Å². The predicted molar refractivity (Wildman–Crippen MR) is 95.4 cm³/mol. The lowest BCUT2D eigenvalue weighted by Crippen LogP contribution is -2.32. The van der Waals surface area contributed by atoms with Gasteiger partial charge in [-0.3, -0.25) is 19.5 Å². The van der Waals surface area contributed by atoms with Gasteiger partial charge < -0.3 is 9.73 Å². The van der Waals surface area contributed by atoms with Crippen molar-refractivity contribution in [2.24, 2.45) is 0 Å². The number of nitrogens with zero attached hydrogens (tertiary/aromatic N) is 2. The lowest BCUT2D eigenvalue weighted by Gasteiger charge is -2.24. The Morgan fingerprint density at radius 2 is 1.96 bits per heavy atom. The number of carbonyl (C=O) groups excluding carboxylic acids is 2. The van der Waals surface area contributed by atoms with E-state index in [1.165, 1.54) is 0 Å². The summed E-state index contributed by atoms with van der Waals surface area (Å²) in [6.07, 6.45) is 3.34. The van der Waals surface area contributed by atoms with Crippen molar-refractivity contribution in [2.45, 2.75) is 19.0 Å². The van der Waals surface area contributed by atoms with E-state index in [0.29, 0.717) is 23.6 Å². The molecule has 3 heterocycles. The smallest absolute Gasteiger partial charge is 0.260 e. The highest BCUT2D eigenvalue weighted by atomic mass is 16.3. The molecular weight excluding hydrogens is 330 g/mol. The van der Waals surface area contributed by atoms with Gasteiger partial charge in [-0.05, 0) is 36.4 Å². The Bertz CT molecular complexity index is 922. The van der Waals surface area contributed by atoms with Gasteiger partial charge in [0.2, 0.25) is 5.91 Å². The first-order valence-electron chi connectivity index (χ1n) is 8.36. The molecule has 1 N–H and O–H groups in total. The summed E-state index contributed by atoms with van der Waals surface area (Å²) in [5.74, 6) is 0.376. The standard InChI is InChI=1S/C20H17N3O3/c24-18(22-13-15-8-5-11-26-15)12-17-19-16(9-4-10-21-19)20(25)23(17)14-6-2-1-3-7-14/h1-11,17H,12-13H2,(H,22,24). The third-order valence-corrected chi connectivity index (χ3v) is 4.37. The maximum atomic E-state index is 12.9. The average molecular weight is 347 g/mol. The van der Waals surface area contributed by atoms with Crippen molar-refractivity contribution < 1.29 is 14.0 Å². The molecule has 1 aromatic carbocycles. The molecule has 2 aromatic heterocycles. The Hall–Kier alpha value is -3.41. The summed E-state index contributed by atoms with van der Waals surface area (Å²) in [5, 5.41) is 2.83. The molecule has 0 bridgehead atoms. The van der Waals surface area contributed by atoms with E-state index >= 15 is 0 Å². The van der Waals surface area contributed by atoms with Crippen LogP contribution >= 0.6 is 0 Å². The lowest BCUT2D eigenvalue weighted by molar-refractivity contribution is -0.121. The SMILES string of the molecule is O=C(CC1c2ncccc2C(=O)N1c1ccccc1)NCc1ccco1. The Kier molecular flexibility index (Phi) is 4.23. The van der Waals surface area contributed by atoms with Crippen molar-refractivity contribution in [3.63, 3.8) is 0 Å². The number of hydrogen-bond donors (Lipinski definition) is 1.